The fourth-order valence-corrected chi connectivity index (χ4v) is 12.9. The first-order valence-electron chi connectivity index (χ1n) is 33.9. The van der Waals surface area contributed by atoms with Gasteiger partial charge in [0.2, 0.25) is 29.5 Å². The molecule has 0 saturated carbocycles. The van der Waals surface area contributed by atoms with Crippen molar-refractivity contribution in [2.24, 2.45) is 52.3 Å². The van der Waals surface area contributed by atoms with E-state index in [0.717, 1.165) is 4.90 Å². The van der Waals surface area contributed by atoms with Gasteiger partial charge in [-0.25, -0.2) is 9.59 Å². The number of hydrogen-bond acceptors (Lipinski definition) is 17. The molecule has 11 atom stereocenters. The van der Waals surface area contributed by atoms with Crippen molar-refractivity contribution in [2.45, 2.75) is 195 Å². The average molecular weight is 1360 g/mol. The van der Waals surface area contributed by atoms with E-state index in [1.807, 2.05) is 27.7 Å². The smallest absolute Gasteiger partial charge is 0.410 e. The van der Waals surface area contributed by atoms with Gasteiger partial charge in [-0.05, 0) is 98.9 Å². The number of unbranched alkanes of at least 4 members (excludes halogenated alkanes) is 2. The number of imide groups is 1. The summed E-state index contributed by atoms with van der Waals surface area (Å²) in [5.41, 5.74) is 6.98. The fourth-order valence-electron chi connectivity index (χ4n) is 12.9. The molecule has 1 fully saturated rings. The second kappa shape index (κ2) is 39.8. The zero-order valence-electron chi connectivity index (χ0n) is 59.6. The number of ether oxygens (including phenoxy) is 4. The van der Waals surface area contributed by atoms with Crippen molar-refractivity contribution < 1.29 is 76.9 Å². The van der Waals surface area contributed by atoms with E-state index in [1.54, 1.807) is 107 Å². The standard InChI is InChI=1S/C71H108N10O16/c1-16-45(8)65(57(95-14)40-61(87)80-36-22-26-54(80)66(96-15)46(9)67(88)74-47(10)63(77-93)49-23-20-25-52(37-49)94-13)78(11)69(90)53(42(2)3)39-56(83)64(44(6)7)79(12)71(92)97-41-48-28-30-51(31-29-48)75-68(89)50(24-21-34-73-70(72)91)38-55(82)62(43(4)5)76-58(84)27-18-17-19-35-81-59(85)32-33-60(81)86/h20,23,25,28-33,37,42-47,50,53-54,57,62,64-66,93H,16-19,21-22,24,26-27,34-36,38-41H2,1-15H3,(H,74,88)(H,75,89)(H,76,84)(H3,72,73,91)/b77-63-/t45-,46+,47+,50+,53-,54-,57+,62-,64-,65-,66+/m0/s1. The number of amides is 10. The van der Waals surface area contributed by atoms with Crippen molar-refractivity contribution in [3.8, 4) is 5.75 Å². The lowest BCUT2D eigenvalue weighted by Gasteiger charge is -2.41. The van der Waals surface area contributed by atoms with Gasteiger partial charge >= 0.3 is 12.1 Å². The number of methoxy groups -OCH3 is 3. The number of likely N-dealkylation sites (N-methyl/N-ethyl adjacent to an activating group) is 2. The SMILES string of the molecule is CC[C@H](C)[C@@H]([C@@H](CC(=O)N1CCC[C@H]1[C@H](OC)[C@@H](C)C(=O)N[C@H](C)/C(=N/O)c1cccc(OC)c1)OC)N(C)C(=O)[C@@H](CC(=O)[C@H](C(C)C)N(C)C(=O)OCc1ccc(NC(=O)[C@H](CCCNC(N)=O)CC(=O)[C@@H](NC(=O)CCCCCN2C(=O)C=CC2=O)C(C)C)cc1)C(C)C. The van der Waals surface area contributed by atoms with Crippen LogP contribution in [0.15, 0.2) is 65.8 Å². The minimum absolute atomic E-state index is 0.0900. The Hall–Kier alpha value is -8.26. The number of urea groups is 1. The number of benzene rings is 2. The summed E-state index contributed by atoms with van der Waals surface area (Å²) in [7, 11) is 7.68. The van der Waals surface area contributed by atoms with Gasteiger partial charge in [0.05, 0.1) is 61.9 Å². The van der Waals surface area contributed by atoms with Crippen LogP contribution in [-0.2, 0) is 64.0 Å². The summed E-state index contributed by atoms with van der Waals surface area (Å²) < 4.78 is 23.2. The van der Waals surface area contributed by atoms with Crippen molar-refractivity contribution >= 4 is 76.4 Å². The Labute approximate surface area is 572 Å². The van der Waals surface area contributed by atoms with Gasteiger partial charge in [-0.3, -0.25) is 48.1 Å². The molecule has 0 aromatic heterocycles. The number of carbonyl (C=O) groups excluding carboxylic acids is 11. The quantitative estimate of drug-likeness (QED) is 0.0124. The Balaban J connectivity index is 1.38. The summed E-state index contributed by atoms with van der Waals surface area (Å²) in [5, 5.41) is 24.6. The van der Waals surface area contributed by atoms with E-state index in [-0.39, 0.29) is 128 Å². The van der Waals surface area contributed by atoms with Crippen LogP contribution in [0.2, 0.25) is 0 Å². The molecule has 26 heteroatoms. The van der Waals surface area contributed by atoms with Crippen LogP contribution < -0.4 is 31.7 Å². The van der Waals surface area contributed by atoms with E-state index >= 15 is 0 Å². The third kappa shape index (κ3) is 23.8. The first kappa shape index (κ1) is 81.2. The minimum Gasteiger partial charge on any atom is -0.497 e. The van der Waals surface area contributed by atoms with Crippen LogP contribution in [0, 0.1) is 41.4 Å². The molecule has 4 rings (SSSR count). The van der Waals surface area contributed by atoms with Gasteiger partial charge in [0, 0.05) is 102 Å². The highest BCUT2D eigenvalue weighted by Gasteiger charge is 2.44. The van der Waals surface area contributed by atoms with Gasteiger partial charge in [0.1, 0.15) is 18.1 Å². The van der Waals surface area contributed by atoms with Crippen molar-refractivity contribution in [1.82, 2.24) is 35.6 Å². The highest BCUT2D eigenvalue weighted by Crippen LogP contribution is 2.32. The molecule has 0 bridgehead atoms. The summed E-state index contributed by atoms with van der Waals surface area (Å²) >= 11 is 0. The number of ketones is 2. The molecule has 2 heterocycles. The summed E-state index contributed by atoms with van der Waals surface area (Å²) in [6, 6.07) is 9.08. The molecule has 97 heavy (non-hydrogen) atoms. The van der Waals surface area contributed by atoms with E-state index in [4.69, 9.17) is 24.7 Å². The Kier molecular flexibility index (Phi) is 33.3. The number of nitrogens with one attached hydrogen (secondary N) is 4. The third-order valence-electron chi connectivity index (χ3n) is 18.7. The normalized spacial score (nSPS) is 17.1. The molecule has 2 aromatic carbocycles. The molecular formula is C71H108N10O16. The number of primary amides is 1. The molecule has 0 unspecified atom stereocenters. The maximum Gasteiger partial charge on any atom is 0.410 e. The number of Topliss-reactive ketones (excluding diaryl/α,β-unsaturated/α-hetero) is 2. The van der Waals surface area contributed by atoms with E-state index in [1.165, 1.54) is 45.4 Å². The van der Waals surface area contributed by atoms with Crippen molar-refractivity contribution in [2.75, 3.05) is 60.4 Å². The Morgan fingerprint density at radius 3 is 2.01 bits per heavy atom. The van der Waals surface area contributed by atoms with Crippen LogP contribution in [-0.4, -0.2) is 193 Å². The van der Waals surface area contributed by atoms with Crippen LogP contribution in [0.1, 0.15) is 157 Å². The second-order valence-electron chi connectivity index (χ2n) is 26.7. The summed E-state index contributed by atoms with van der Waals surface area (Å²) in [5.74, 6) is -6.23. The molecule has 2 aliphatic rings. The van der Waals surface area contributed by atoms with E-state index in [0.29, 0.717) is 74.1 Å². The van der Waals surface area contributed by atoms with Crippen LogP contribution in [0.25, 0.3) is 0 Å². The van der Waals surface area contributed by atoms with Gasteiger partial charge in [-0.15, -0.1) is 0 Å². The minimum atomic E-state index is -0.979. The average Bonchev–Trinajstić information content (AvgIpc) is 1.74. The topological polar surface area (TPSA) is 344 Å². The van der Waals surface area contributed by atoms with E-state index in [9.17, 15) is 57.9 Å². The molecule has 1 saturated heterocycles. The third-order valence-corrected chi connectivity index (χ3v) is 18.7. The van der Waals surface area contributed by atoms with Gasteiger partial charge in [-0.1, -0.05) is 105 Å². The van der Waals surface area contributed by atoms with Crippen LogP contribution in [0.3, 0.4) is 0 Å². The second-order valence-corrected chi connectivity index (χ2v) is 26.7. The number of likely N-dealkylation sites (tertiary alicyclic amines) is 1. The number of hydrogen-bond donors (Lipinski definition) is 6. The molecule has 2 aliphatic heterocycles. The number of rotatable bonds is 41. The zero-order chi connectivity index (χ0) is 72.4. The summed E-state index contributed by atoms with van der Waals surface area (Å²) in [6.45, 7) is 18.9. The molecule has 0 aliphatic carbocycles. The van der Waals surface area contributed by atoms with E-state index in [2.05, 4.69) is 26.4 Å². The highest BCUT2D eigenvalue weighted by molar-refractivity contribution is 6.13. The monoisotopic (exact) mass is 1360 g/mol. The van der Waals surface area contributed by atoms with Gasteiger partial charge in [0.15, 0.2) is 11.6 Å². The fraction of sp³-hybridized carbons (Fsp3) is 0.634. The first-order chi connectivity index (χ1) is 45.9. The lowest BCUT2D eigenvalue weighted by molar-refractivity contribution is -0.149. The Morgan fingerprint density at radius 1 is 0.763 bits per heavy atom. The number of nitrogens with two attached hydrogens (primary N) is 1. The van der Waals surface area contributed by atoms with Gasteiger partial charge < -0.3 is 65.9 Å². The molecule has 7 N–H and O–H groups in total. The molecule has 26 nitrogen and oxygen atoms in total. The molecule has 0 radical (unpaired) electrons. The van der Waals surface area contributed by atoms with Crippen molar-refractivity contribution in [3.05, 3.63) is 71.8 Å². The van der Waals surface area contributed by atoms with Gasteiger partial charge in [-0.2, -0.15) is 0 Å². The predicted octanol–water partition coefficient (Wildman–Crippen LogP) is 7.41. The zero-order valence-corrected chi connectivity index (χ0v) is 59.6. The number of carbonyl (C=O) groups is 11. The molecular weight excluding hydrogens is 1250 g/mol. The Morgan fingerprint density at radius 2 is 1.43 bits per heavy atom. The highest BCUT2D eigenvalue weighted by atomic mass is 16.6. The van der Waals surface area contributed by atoms with Crippen LogP contribution in [0.4, 0.5) is 15.3 Å². The van der Waals surface area contributed by atoms with Crippen molar-refractivity contribution in [1.29, 1.82) is 0 Å². The lowest BCUT2D eigenvalue weighted by Crippen LogP contribution is -2.55. The summed E-state index contributed by atoms with van der Waals surface area (Å²) in [4.78, 5) is 153. The van der Waals surface area contributed by atoms with E-state index < -0.39 is 78.2 Å². The molecule has 2 aromatic rings. The molecule has 538 valence electrons. The first-order valence-corrected chi connectivity index (χ1v) is 33.9. The lowest BCUT2D eigenvalue weighted by atomic mass is 9.83. The van der Waals surface area contributed by atoms with Gasteiger partial charge in [0.25, 0.3) is 11.8 Å². The largest absolute Gasteiger partial charge is 0.497 e. The number of oxime groups is 1. The number of anilines is 1. The van der Waals surface area contributed by atoms with Crippen LogP contribution >= 0.6 is 0 Å². The maximum absolute atomic E-state index is 14.9. The van der Waals surface area contributed by atoms with Crippen molar-refractivity contribution in [3.63, 3.8) is 0 Å². The number of nitrogens with zero attached hydrogens (tertiary/aromatic N) is 5. The molecule has 10 amide bonds. The summed E-state index contributed by atoms with van der Waals surface area (Å²) in [6.07, 6.45) is 3.73. The maximum atomic E-state index is 14.9. The Bertz CT molecular complexity index is 3050. The molecule has 0 spiro atoms. The predicted molar refractivity (Wildman–Crippen MR) is 366 cm³/mol. The van der Waals surface area contributed by atoms with Crippen LogP contribution in [0.5, 0.6) is 5.75 Å².